The molecule has 2 amide bonds. The molecule has 0 spiro atoms. The Bertz CT molecular complexity index is 874. The lowest BCUT2D eigenvalue weighted by molar-refractivity contribution is -0.122. The number of hydrogen-bond donors (Lipinski definition) is 1. The zero-order valence-electron chi connectivity index (χ0n) is 16.4. The number of nitrogens with one attached hydrogen (secondary N) is 1. The topological polar surface area (TPSA) is 49.4 Å². The van der Waals surface area contributed by atoms with Crippen LogP contribution in [0.4, 0.5) is 5.69 Å². The van der Waals surface area contributed by atoms with Gasteiger partial charge in [-0.3, -0.25) is 14.5 Å². The second-order valence-corrected chi connectivity index (χ2v) is 7.85. The Morgan fingerprint density at radius 2 is 1.86 bits per heavy atom. The first-order valence-corrected chi connectivity index (χ1v) is 10.6. The molecule has 3 rings (SSSR count). The number of anilines is 1. The van der Waals surface area contributed by atoms with Crippen LogP contribution in [0, 0.1) is 0 Å². The van der Waals surface area contributed by atoms with E-state index >= 15 is 0 Å². The van der Waals surface area contributed by atoms with E-state index in [-0.39, 0.29) is 18.4 Å². The van der Waals surface area contributed by atoms with Gasteiger partial charge in [0.25, 0.3) is 5.91 Å². The molecule has 0 fully saturated rings. The van der Waals surface area contributed by atoms with Crippen LogP contribution >= 0.6 is 11.8 Å². The first-order valence-electron chi connectivity index (χ1n) is 9.78. The van der Waals surface area contributed by atoms with E-state index in [0.29, 0.717) is 11.4 Å². The number of fused-ring (bicyclic) bond motifs is 1. The molecular formula is C23H26N2O2S. The van der Waals surface area contributed by atoms with Gasteiger partial charge in [-0.05, 0) is 42.2 Å². The fraction of sp³-hybridized carbons (Fsp3) is 0.304. The van der Waals surface area contributed by atoms with Crippen LogP contribution in [0.25, 0.3) is 6.08 Å². The standard InChI is InChI=1S/C23H26N2O2S/c1-3-5-14-24-22(26)16-25-19-8-6-7-9-20(19)28-21(23(25)27)15-18-12-10-17(4-2)11-13-18/h6-13,15H,3-5,14,16H2,1-2H3,(H,24,26). The summed E-state index contributed by atoms with van der Waals surface area (Å²) in [5.74, 6) is -0.260. The average molecular weight is 395 g/mol. The first-order chi connectivity index (χ1) is 13.6. The quantitative estimate of drug-likeness (QED) is 0.549. The van der Waals surface area contributed by atoms with Gasteiger partial charge in [0, 0.05) is 11.4 Å². The van der Waals surface area contributed by atoms with Crippen molar-refractivity contribution >= 4 is 35.3 Å². The van der Waals surface area contributed by atoms with Crippen molar-refractivity contribution < 1.29 is 9.59 Å². The van der Waals surface area contributed by atoms with Crippen molar-refractivity contribution in [2.45, 2.75) is 38.0 Å². The number of para-hydroxylation sites is 1. The molecule has 4 nitrogen and oxygen atoms in total. The summed E-state index contributed by atoms with van der Waals surface area (Å²) in [6.07, 6.45) is 4.85. The van der Waals surface area contributed by atoms with Crippen LogP contribution in [0.2, 0.25) is 0 Å². The fourth-order valence-corrected chi connectivity index (χ4v) is 4.08. The summed E-state index contributed by atoms with van der Waals surface area (Å²) < 4.78 is 0. The van der Waals surface area contributed by atoms with E-state index < -0.39 is 0 Å². The van der Waals surface area contributed by atoms with Gasteiger partial charge in [-0.15, -0.1) is 0 Å². The molecule has 1 heterocycles. The molecule has 2 aromatic carbocycles. The Hall–Kier alpha value is -2.53. The van der Waals surface area contributed by atoms with Crippen LogP contribution in [0.15, 0.2) is 58.3 Å². The van der Waals surface area contributed by atoms with E-state index in [4.69, 9.17) is 0 Å². The summed E-state index contributed by atoms with van der Waals surface area (Å²) in [7, 11) is 0. The molecule has 146 valence electrons. The number of carbonyl (C=O) groups excluding carboxylic acids is 2. The number of aryl methyl sites for hydroxylation is 1. The second-order valence-electron chi connectivity index (χ2n) is 6.77. The Kier molecular flexibility index (Phi) is 6.93. The third kappa shape index (κ3) is 4.84. The molecule has 5 heteroatoms. The highest BCUT2D eigenvalue weighted by Crippen LogP contribution is 2.41. The number of nitrogens with zero attached hydrogens (tertiary/aromatic N) is 1. The summed E-state index contributed by atoms with van der Waals surface area (Å²) in [6, 6.07) is 16.0. The van der Waals surface area contributed by atoms with Crippen LogP contribution in [0.3, 0.4) is 0 Å². The van der Waals surface area contributed by atoms with Crippen molar-refractivity contribution in [3.8, 4) is 0 Å². The average Bonchev–Trinajstić information content (AvgIpc) is 2.72. The maximum Gasteiger partial charge on any atom is 0.265 e. The number of amides is 2. The van der Waals surface area contributed by atoms with Crippen molar-refractivity contribution in [2.24, 2.45) is 0 Å². The lowest BCUT2D eigenvalue weighted by atomic mass is 10.1. The van der Waals surface area contributed by atoms with Crippen LogP contribution in [0.5, 0.6) is 0 Å². The van der Waals surface area contributed by atoms with Gasteiger partial charge < -0.3 is 5.32 Å². The van der Waals surface area contributed by atoms with Gasteiger partial charge in [-0.1, -0.05) is 68.4 Å². The van der Waals surface area contributed by atoms with Gasteiger partial charge in [-0.25, -0.2) is 0 Å². The molecule has 0 unspecified atom stereocenters. The largest absolute Gasteiger partial charge is 0.355 e. The minimum Gasteiger partial charge on any atom is -0.355 e. The van der Waals surface area contributed by atoms with E-state index in [0.717, 1.165) is 35.4 Å². The highest BCUT2D eigenvalue weighted by Gasteiger charge is 2.30. The first kappa shape index (κ1) is 20.2. The molecule has 0 atom stereocenters. The normalized spacial score (nSPS) is 14.9. The third-order valence-electron chi connectivity index (χ3n) is 4.67. The summed E-state index contributed by atoms with van der Waals surface area (Å²) in [4.78, 5) is 28.7. The van der Waals surface area contributed by atoms with Crippen molar-refractivity contribution in [2.75, 3.05) is 18.0 Å². The molecule has 1 aliphatic rings. The Labute approximate surface area is 171 Å². The van der Waals surface area contributed by atoms with E-state index in [2.05, 4.69) is 31.3 Å². The number of carbonyl (C=O) groups is 2. The van der Waals surface area contributed by atoms with Crippen LogP contribution in [-0.4, -0.2) is 24.9 Å². The molecule has 0 saturated heterocycles. The van der Waals surface area contributed by atoms with E-state index in [1.54, 1.807) is 4.90 Å². The maximum absolute atomic E-state index is 13.1. The number of unbranched alkanes of at least 4 members (excludes halogenated alkanes) is 1. The van der Waals surface area contributed by atoms with Crippen LogP contribution < -0.4 is 10.2 Å². The predicted molar refractivity (Wildman–Crippen MR) is 116 cm³/mol. The molecule has 0 radical (unpaired) electrons. The third-order valence-corrected chi connectivity index (χ3v) is 5.75. The number of rotatable bonds is 7. The van der Waals surface area contributed by atoms with E-state index in [1.165, 1.54) is 17.3 Å². The molecule has 2 aromatic rings. The van der Waals surface area contributed by atoms with Crippen molar-refractivity contribution in [3.05, 3.63) is 64.6 Å². The zero-order chi connectivity index (χ0) is 19.9. The van der Waals surface area contributed by atoms with Crippen LogP contribution in [0.1, 0.15) is 37.8 Å². The van der Waals surface area contributed by atoms with Gasteiger partial charge in [0.15, 0.2) is 0 Å². The van der Waals surface area contributed by atoms with Crippen LogP contribution in [-0.2, 0) is 16.0 Å². The monoisotopic (exact) mass is 394 g/mol. The lowest BCUT2D eigenvalue weighted by Crippen LogP contribution is -2.42. The highest BCUT2D eigenvalue weighted by atomic mass is 32.2. The van der Waals surface area contributed by atoms with Crippen molar-refractivity contribution in [1.29, 1.82) is 0 Å². The van der Waals surface area contributed by atoms with E-state index in [1.807, 2.05) is 42.5 Å². The highest BCUT2D eigenvalue weighted by molar-refractivity contribution is 8.04. The Morgan fingerprint density at radius 1 is 1.11 bits per heavy atom. The van der Waals surface area contributed by atoms with Crippen molar-refractivity contribution in [3.63, 3.8) is 0 Å². The molecule has 1 N–H and O–H groups in total. The number of thioether (sulfide) groups is 1. The molecule has 0 aliphatic carbocycles. The van der Waals surface area contributed by atoms with E-state index in [9.17, 15) is 9.59 Å². The SMILES string of the molecule is CCCCNC(=O)CN1C(=O)C(=Cc2ccc(CC)cc2)Sc2ccccc21. The summed E-state index contributed by atoms with van der Waals surface area (Å²) >= 11 is 1.46. The zero-order valence-corrected chi connectivity index (χ0v) is 17.2. The molecule has 0 bridgehead atoms. The Morgan fingerprint density at radius 3 is 2.57 bits per heavy atom. The number of hydrogen-bond acceptors (Lipinski definition) is 3. The molecular weight excluding hydrogens is 368 g/mol. The molecule has 1 aliphatic heterocycles. The molecule has 0 saturated carbocycles. The van der Waals surface area contributed by atoms with Gasteiger partial charge in [0.1, 0.15) is 6.54 Å². The van der Waals surface area contributed by atoms with Gasteiger partial charge in [0.2, 0.25) is 5.91 Å². The lowest BCUT2D eigenvalue weighted by Gasteiger charge is -2.29. The minimum atomic E-state index is -0.131. The van der Waals surface area contributed by atoms with Gasteiger partial charge in [-0.2, -0.15) is 0 Å². The summed E-state index contributed by atoms with van der Waals surface area (Å²) in [6.45, 7) is 4.87. The Balaban J connectivity index is 1.85. The molecule has 28 heavy (non-hydrogen) atoms. The smallest absolute Gasteiger partial charge is 0.265 e. The van der Waals surface area contributed by atoms with Gasteiger partial charge in [0.05, 0.1) is 10.6 Å². The number of benzene rings is 2. The minimum absolute atomic E-state index is 0.0340. The summed E-state index contributed by atoms with van der Waals surface area (Å²) in [5.41, 5.74) is 3.04. The van der Waals surface area contributed by atoms with Crippen molar-refractivity contribution in [1.82, 2.24) is 5.32 Å². The summed E-state index contributed by atoms with van der Waals surface area (Å²) in [5, 5.41) is 2.90. The molecule has 0 aromatic heterocycles. The second kappa shape index (κ2) is 9.60. The van der Waals surface area contributed by atoms with Gasteiger partial charge >= 0.3 is 0 Å². The predicted octanol–water partition coefficient (Wildman–Crippen LogP) is 4.65. The maximum atomic E-state index is 13.1. The fourth-order valence-electron chi connectivity index (χ4n) is 3.02.